The van der Waals surface area contributed by atoms with Crippen molar-refractivity contribution in [2.75, 3.05) is 0 Å². The summed E-state index contributed by atoms with van der Waals surface area (Å²) in [7, 11) is 0. The predicted molar refractivity (Wildman–Crippen MR) is 100 cm³/mol. The molecule has 0 spiro atoms. The summed E-state index contributed by atoms with van der Waals surface area (Å²) in [6.45, 7) is 2.91. The minimum Gasteiger partial charge on any atom is -0.319 e. The molecule has 4 aromatic rings. The zero-order chi connectivity index (χ0) is 16.5. The number of aromatic nitrogens is 2. The fourth-order valence-corrected chi connectivity index (χ4v) is 3.26. The Balaban J connectivity index is 1.94. The largest absolute Gasteiger partial charge is 0.319 e. The Morgan fingerprint density at radius 2 is 1.58 bits per heavy atom. The molecule has 3 heteroatoms. The van der Waals surface area contributed by atoms with Crippen molar-refractivity contribution in [3.05, 3.63) is 88.9 Å². The highest BCUT2D eigenvalue weighted by atomic mass is 35.5. The molecule has 24 heavy (non-hydrogen) atoms. The van der Waals surface area contributed by atoms with Gasteiger partial charge in [0.05, 0.1) is 16.1 Å². The maximum Gasteiger partial charge on any atom is 0.142 e. The van der Waals surface area contributed by atoms with Gasteiger partial charge in [0.2, 0.25) is 0 Å². The predicted octanol–water partition coefficient (Wildman–Crippen LogP) is 5.71. The quantitative estimate of drug-likeness (QED) is 0.469. The lowest BCUT2D eigenvalue weighted by atomic mass is 10.1. The van der Waals surface area contributed by atoms with E-state index in [0.717, 1.165) is 34.0 Å². The van der Waals surface area contributed by atoms with Crippen LogP contribution in [0.2, 0.25) is 5.02 Å². The molecule has 0 saturated heterocycles. The number of aryl methyl sites for hydroxylation is 1. The first-order valence-corrected chi connectivity index (χ1v) is 8.36. The molecule has 2 nitrogen and oxygen atoms in total. The van der Waals surface area contributed by atoms with Gasteiger partial charge in [-0.25, -0.2) is 4.98 Å². The van der Waals surface area contributed by atoms with E-state index in [1.54, 1.807) is 0 Å². The number of imidazole rings is 1. The molecule has 0 radical (unpaired) electrons. The summed E-state index contributed by atoms with van der Waals surface area (Å²) in [5.41, 5.74) is 5.63. The lowest BCUT2D eigenvalue weighted by molar-refractivity contribution is 0.828. The standard InChI is InChI=1S/C21H17ClN2/c1-15-8-2-3-9-16(15)14-24-20-13-7-6-12-19(20)23-21(24)17-10-4-5-11-18(17)22/h2-13H,14H2,1H3. The van der Waals surface area contributed by atoms with Gasteiger partial charge in [0.15, 0.2) is 0 Å². The molecule has 0 bridgehead atoms. The smallest absolute Gasteiger partial charge is 0.142 e. The Morgan fingerprint density at radius 1 is 0.875 bits per heavy atom. The molecule has 1 heterocycles. The first kappa shape index (κ1) is 15.0. The Morgan fingerprint density at radius 3 is 2.42 bits per heavy atom. The van der Waals surface area contributed by atoms with E-state index in [-0.39, 0.29) is 0 Å². The SMILES string of the molecule is Cc1ccccc1Cn1c(-c2ccccc2Cl)nc2ccccc21. The van der Waals surface area contributed by atoms with Gasteiger partial charge in [-0.1, -0.05) is 60.1 Å². The average Bonchev–Trinajstić information content (AvgIpc) is 2.96. The van der Waals surface area contributed by atoms with Crippen molar-refractivity contribution in [2.24, 2.45) is 0 Å². The molecule has 0 amide bonds. The van der Waals surface area contributed by atoms with E-state index < -0.39 is 0 Å². The van der Waals surface area contributed by atoms with Crippen molar-refractivity contribution < 1.29 is 0 Å². The summed E-state index contributed by atoms with van der Waals surface area (Å²) in [6.07, 6.45) is 0. The van der Waals surface area contributed by atoms with Crippen molar-refractivity contribution >= 4 is 22.6 Å². The van der Waals surface area contributed by atoms with Gasteiger partial charge in [-0.05, 0) is 42.3 Å². The summed E-state index contributed by atoms with van der Waals surface area (Å²) >= 11 is 6.44. The third kappa shape index (κ3) is 2.59. The first-order valence-electron chi connectivity index (χ1n) is 7.99. The third-order valence-electron chi connectivity index (χ3n) is 4.36. The maximum absolute atomic E-state index is 6.44. The van der Waals surface area contributed by atoms with E-state index in [4.69, 9.17) is 16.6 Å². The van der Waals surface area contributed by atoms with E-state index in [9.17, 15) is 0 Å². The molecule has 0 aliphatic heterocycles. The van der Waals surface area contributed by atoms with Gasteiger partial charge in [0.25, 0.3) is 0 Å². The number of nitrogens with zero attached hydrogens (tertiary/aromatic N) is 2. The van der Waals surface area contributed by atoms with Crippen molar-refractivity contribution in [1.29, 1.82) is 0 Å². The molecule has 0 saturated carbocycles. The van der Waals surface area contributed by atoms with E-state index in [2.05, 4.69) is 47.9 Å². The average molecular weight is 333 g/mol. The molecule has 0 aliphatic carbocycles. The molecular weight excluding hydrogens is 316 g/mol. The van der Waals surface area contributed by atoms with Crippen LogP contribution in [-0.4, -0.2) is 9.55 Å². The fourth-order valence-electron chi connectivity index (χ4n) is 3.04. The van der Waals surface area contributed by atoms with Gasteiger partial charge in [-0.3, -0.25) is 0 Å². The maximum atomic E-state index is 6.44. The Bertz CT molecular complexity index is 1020. The molecule has 4 rings (SSSR count). The van der Waals surface area contributed by atoms with Gasteiger partial charge < -0.3 is 4.57 Å². The minimum absolute atomic E-state index is 0.721. The Kier molecular flexibility index (Phi) is 3.83. The second-order valence-electron chi connectivity index (χ2n) is 5.92. The van der Waals surface area contributed by atoms with Crippen molar-refractivity contribution in [2.45, 2.75) is 13.5 Å². The highest BCUT2D eigenvalue weighted by molar-refractivity contribution is 6.33. The number of para-hydroxylation sites is 2. The van der Waals surface area contributed by atoms with Crippen LogP contribution in [0, 0.1) is 6.92 Å². The van der Waals surface area contributed by atoms with Crippen LogP contribution < -0.4 is 0 Å². The van der Waals surface area contributed by atoms with Crippen molar-refractivity contribution in [3.63, 3.8) is 0 Å². The second-order valence-corrected chi connectivity index (χ2v) is 6.32. The van der Waals surface area contributed by atoms with Crippen LogP contribution in [0.5, 0.6) is 0 Å². The number of benzene rings is 3. The molecule has 0 atom stereocenters. The number of hydrogen-bond donors (Lipinski definition) is 0. The van der Waals surface area contributed by atoms with E-state index >= 15 is 0 Å². The van der Waals surface area contributed by atoms with E-state index in [1.807, 2.05) is 36.4 Å². The van der Waals surface area contributed by atoms with E-state index in [1.165, 1.54) is 11.1 Å². The summed E-state index contributed by atoms with van der Waals surface area (Å²) in [5, 5.41) is 0.721. The summed E-state index contributed by atoms with van der Waals surface area (Å²) in [5.74, 6) is 0.907. The number of rotatable bonds is 3. The van der Waals surface area contributed by atoms with Gasteiger partial charge in [0.1, 0.15) is 5.82 Å². The van der Waals surface area contributed by atoms with Crippen LogP contribution in [0.1, 0.15) is 11.1 Å². The van der Waals surface area contributed by atoms with E-state index in [0.29, 0.717) is 0 Å². The zero-order valence-corrected chi connectivity index (χ0v) is 14.2. The molecule has 0 aliphatic rings. The monoisotopic (exact) mass is 332 g/mol. The van der Waals surface area contributed by atoms with Crippen LogP contribution in [-0.2, 0) is 6.54 Å². The van der Waals surface area contributed by atoms with Crippen molar-refractivity contribution in [1.82, 2.24) is 9.55 Å². The third-order valence-corrected chi connectivity index (χ3v) is 4.69. The minimum atomic E-state index is 0.721. The Hall–Kier alpha value is -2.58. The second kappa shape index (κ2) is 6.14. The summed E-state index contributed by atoms with van der Waals surface area (Å²) in [6, 6.07) is 24.6. The van der Waals surface area contributed by atoms with Crippen LogP contribution in [0.25, 0.3) is 22.4 Å². The summed E-state index contributed by atoms with van der Waals surface area (Å²) < 4.78 is 2.25. The molecule has 118 valence electrons. The normalized spacial score (nSPS) is 11.1. The molecule has 3 aromatic carbocycles. The first-order chi connectivity index (χ1) is 11.7. The van der Waals surface area contributed by atoms with Crippen LogP contribution in [0.15, 0.2) is 72.8 Å². The molecule has 0 N–H and O–H groups in total. The molecule has 1 aromatic heterocycles. The lowest BCUT2D eigenvalue weighted by Gasteiger charge is -2.12. The van der Waals surface area contributed by atoms with Crippen LogP contribution in [0.4, 0.5) is 0 Å². The van der Waals surface area contributed by atoms with Crippen LogP contribution >= 0.6 is 11.6 Å². The van der Waals surface area contributed by atoms with Gasteiger partial charge in [-0.15, -0.1) is 0 Å². The highest BCUT2D eigenvalue weighted by Crippen LogP contribution is 2.31. The highest BCUT2D eigenvalue weighted by Gasteiger charge is 2.15. The Labute approximate surface area is 146 Å². The van der Waals surface area contributed by atoms with Gasteiger partial charge in [0, 0.05) is 12.1 Å². The number of hydrogen-bond acceptors (Lipinski definition) is 1. The molecule has 0 unspecified atom stereocenters. The molecular formula is C21H17ClN2. The fraction of sp³-hybridized carbons (Fsp3) is 0.0952. The van der Waals surface area contributed by atoms with Crippen LogP contribution in [0.3, 0.4) is 0 Å². The number of halogens is 1. The van der Waals surface area contributed by atoms with Crippen molar-refractivity contribution in [3.8, 4) is 11.4 Å². The number of fused-ring (bicyclic) bond motifs is 1. The van der Waals surface area contributed by atoms with Gasteiger partial charge >= 0.3 is 0 Å². The summed E-state index contributed by atoms with van der Waals surface area (Å²) in [4.78, 5) is 4.85. The molecule has 0 fully saturated rings. The zero-order valence-electron chi connectivity index (χ0n) is 13.4. The lowest BCUT2D eigenvalue weighted by Crippen LogP contribution is -2.04. The van der Waals surface area contributed by atoms with Gasteiger partial charge in [-0.2, -0.15) is 0 Å². The topological polar surface area (TPSA) is 17.8 Å².